The highest BCUT2D eigenvalue weighted by Crippen LogP contribution is 2.36. The van der Waals surface area contributed by atoms with Gasteiger partial charge in [0.1, 0.15) is 0 Å². The Kier molecular flexibility index (Phi) is 3.59. The van der Waals surface area contributed by atoms with Crippen molar-refractivity contribution in [2.45, 2.75) is 12.8 Å². The van der Waals surface area contributed by atoms with Crippen LogP contribution in [0.25, 0.3) is 56.1 Å². The summed E-state index contributed by atoms with van der Waals surface area (Å²) in [6.07, 6.45) is 17.8. The molecule has 0 atom stereocenters. The molecule has 5 aromatic carbocycles. The van der Waals surface area contributed by atoms with Crippen LogP contribution in [-0.4, -0.2) is 0 Å². The van der Waals surface area contributed by atoms with Crippen molar-refractivity contribution in [1.29, 1.82) is 0 Å². The largest absolute Gasteiger partial charge is 0.0795 e. The summed E-state index contributed by atoms with van der Waals surface area (Å²) in [7, 11) is 0. The van der Waals surface area contributed by atoms with Gasteiger partial charge in [0, 0.05) is 0 Å². The quantitative estimate of drug-likeness (QED) is 0.256. The predicted molar refractivity (Wildman–Crippen MR) is 146 cm³/mol. The van der Waals surface area contributed by atoms with Gasteiger partial charge in [-0.15, -0.1) is 0 Å². The smallest absolute Gasteiger partial charge is 0.00818 e. The van der Waals surface area contributed by atoms with Gasteiger partial charge >= 0.3 is 0 Å². The Morgan fingerprint density at radius 1 is 0.529 bits per heavy atom. The molecule has 0 heteroatoms. The molecule has 0 fully saturated rings. The van der Waals surface area contributed by atoms with E-state index in [1.54, 1.807) is 0 Å². The van der Waals surface area contributed by atoms with Crippen LogP contribution in [0.1, 0.15) is 27.8 Å². The third-order valence-electron chi connectivity index (χ3n) is 7.94. The molecule has 3 aliphatic carbocycles. The fourth-order valence-electron chi connectivity index (χ4n) is 6.35. The van der Waals surface area contributed by atoms with Crippen LogP contribution in [-0.2, 0) is 12.8 Å². The van der Waals surface area contributed by atoms with E-state index < -0.39 is 0 Å². The highest BCUT2D eigenvalue weighted by Gasteiger charge is 2.16. The van der Waals surface area contributed by atoms with E-state index in [0.29, 0.717) is 0 Å². The molecule has 158 valence electrons. The summed E-state index contributed by atoms with van der Waals surface area (Å²) < 4.78 is 0. The first kappa shape index (κ1) is 18.3. The van der Waals surface area contributed by atoms with Gasteiger partial charge in [-0.05, 0) is 89.0 Å². The second-order valence-corrected chi connectivity index (χ2v) is 9.60. The maximum atomic E-state index is 2.35. The molecule has 0 spiro atoms. The Hall–Kier alpha value is -4.16. The second-order valence-electron chi connectivity index (χ2n) is 9.60. The molecule has 0 bridgehead atoms. The molecular weight excluding hydrogens is 408 g/mol. The Morgan fingerprint density at radius 3 is 2.29 bits per heavy atom. The third-order valence-corrected chi connectivity index (χ3v) is 7.94. The van der Waals surface area contributed by atoms with Crippen LogP contribution in [0, 0.1) is 0 Å². The summed E-state index contributed by atoms with van der Waals surface area (Å²) >= 11 is 0. The molecule has 0 amide bonds. The van der Waals surface area contributed by atoms with Crippen molar-refractivity contribution in [3.8, 4) is 0 Å². The lowest BCUT2D eigenvalue weighted by Gasteiger charge is -2.17. The Bertz CT molecular complexity index is 1940. The lowest BCUT2D eigenvalue weighted by molar-refractivity contribution is 1.24. The predicted octanol–water partition coefficient (Wildman–Crippen LogP) is 6.83. The van der Waals surface area contributed by atoms with Gasteiger partial charge in [-0.3, -0.25) is 0 Å². The molecule has 0 heterocycles. The zero-order valence-corrected chi connectivity index (χ0v) is 18.8. The standard InChI is InChI=1S/C34H22/c1-5-21-13-15-31-27-11-3-9-25(33(27)19-17-29(31)23(21)7-1)26-10-4-12-28-32-16-14-22-6-2-8-24(22)30(32)18-20-34(26)28/h1-7,9-10,12-20H,8,11H2. The van der Waals surface area contributed by atoms with E-state index in [9.17, 15) is 0 Å². The van der Waals surface area contributed by atoms with Crippen molar-refractivity contribution in [2.24, 2.45) is 0 Å². The normalized spacial score (nSPS) is 15.2. The molecule has 34 heavy (non-hydrogen) atoms. The molecule has 3 aliphatic rings. The van der Waals surface area contributed by atoms with Gasteiger partial charge in [0.25, 0.3) is 0 Å². The van der Waals surface area contributed by atoms with Crippen molar-refractivity contribution in [3.05, 3.63) is 129 Å². The monoisotopic (exact) mass is 430 g/mol. The number of hydrogen-bond donors (Lipinski definition) is 0. The molecule has 0 aromatic heterocycles. The molecule has 0 unspecified atom stereocenters. The fourth-order valence-corrected chi connectivity index (χ4v) is 6.35. The van der Waals surface area contributed by atoms with Crippen molar-refractivity contribution in [3.63, 3.8) is 0 Å². The molecular formula is C34H22. The zero-order valence-electron chi connectivity index (χ0n) is 18.8. The van der Waals surface area contributed by atoms with Crippen LogP contribution in [0.3, 0.4) is 0 Å². The molecule has 0 saturated carbocycles. The molecule has 0 nitrogen and oxygen atoms in total. The summed E-state index contributed by atoms with van der Waals surface area (Å²) in [4.78, 5) is 0. The maximum absolute atomic E-state index is 2.35. The van der Waals surface area contributed by atoms with E-state index in [1.807, 2.05) is 0 Å². The average molecular weight is 431 g/mol. The first-order valence-corrected chi connectivity index (χ1v) is 12.1. The van der Waals surface area contributed by atoms with Crippen LogP contribution in [0.15, 0.2) is 91.0 Å². The van der Waals surface area contributed by atoms with Crippen molar-refractivity contribution in [2.75, 3.05) is 0 Å². The third kappa shape index (κ3) is 2.38. The molecule has 0 aliphatic heterocycles. The number of fused-ring (bicyclic) bond motifs is 10. The van der Waals surface area contributed by atoms with Crippen molar-refractivity contribution in [1.82, 2.24) is 0 Å². The minimum absolute atomic E-state index is 0.981. The summed E-state index contributed by atoms with van der Waals surface area (Å²) in [6, 6.07) is 25.4. The van der Waals surface area contributed by atoms with E-state index >= 15 is 0 Å². The molecule has 8 rings (SSSR count). The van der Waals surface area contributed by atoms with Gasteiger partial charge in [0.2, 0.25) is 0 Å². The van der Waals surface area contributed by atoms with Crippen LogP contribution < -0.4 is 10.4 Å². The highest BCUT2D eigenvalue weighted by atomic mass is 14.2. The lowest BCUT2D eigenvalue weighted by atomic mass is 9.86. The van der Waals surface area contributed by atoms with E-state index in [0.717, 1.165) is 12.8 Å². The van der Waals surface area contributed by atoms with Gasteiger partial charge in [-0.2, -0.15) is 0 Å². The van der Waals surface area contributed by atoms with Crippen molar-refractivity contribution < 1.29 is 0 Å². The minimum Gasteiger partial charge on any atom is -0.0795 e. The summed E-state index contributed by atoms with van der Waals surface area (Å²) in [5.41, 5.74) is 8.29. The summed E-state index contributed by atoms with van der Waals surface area (Å²) in [6.45, 7) is 0. The Balaban J connectivity index is 1.44. The average Bonchev–Trinajstić information content (AvgIpc) is 3.57. The zero-order chi connectivity index (χ0) is 22.2. The first-order chi connectivity index (χ1) is 16.9. The summed E-state index contributed by atoms with van der Waals surface area (Å²) in [5.74, 6) is 0. The lowest BCUT2D eigenvalue weighted by Crippen LogP contribution is -2.17. The van der Waals surface area contributed by atoms with Gasteiger partial charge < -0.3 is 0 Å². The number of benzene rings is 5. The van der Waals surface area contributed by atoms with Gasteiger partial charge in [0.05, 0.1) is 0 Å². The molecule has 0 N–H and O–H groups in total. The maximum Gasteiger partial charge on any atom is -0.00818 e. The number of rotatable bonds is 1. The minimum atomic E-state index is 0.981. The van der Waals surface area contributed by atoms with Gasteiger partial charge in [-0.25, -0.2) is 0 Å². The second kappa shape index (κ2) is 6.68. The Morgan fingerprint density at radius 2 is 1.29 bits per heavy atom. The van der Waals surface area contributed by atoms with E-state index in [4.69, 9.17) is 0 Å². The van der Waals surface area contributed by atoms with Crippen molar-refractivity contribution >= 4 is 56.1 Å². The van der Waals surface area contributed by atoms with Crippen LogP contribution in [0.4, 0.5) is 0 Å². The molecule has 0 radical (unpaired) electrons. The van der Waals surface area contributed by atoms with Crippen LogP contribution in [0.5, 0.6) is 0 Å². The van der Waals surface area contributed by atoms with Crippen LogP contribution in [0.2, 0.25) is 0 Å². The molecule has 5 aromatic rings. The van der Waals surface area contributed by atoms with Crippen LogP contribution >= 0.6 is 0 Å². The van der Waals surface area contributed by atoms with Gasteiger partial charge in [0.15, 0.2) is 0 Å². The fraction of sp³-hybridized carbons (Fsp3) is 0.0588. The van der Waals surface area contributed by atoms with E-state index in [1.165, 1.54) is 76.1 Å². The topological polar surface area (TPSA) is 0 Å². The Labute approximate surface area is 198 Å². The van der Waals surface area contributed by atoms with E-state index in [-0.39, 0.29) is 0 Å². The van der Waals surface area contributed by atoms with Gasteiger partial charge in [-0.1, -0.05) is 109 Å². The first-order valence-electron chi connectivity index (χ1n) is 12.1. The summed E-state index contributed by atoms with van der Waals surface area (Å²) in [5, 5.41) is 10.9. The van der Waals surface area contributed by atoms with E-state index in [2.05, 4.69) is 109 Å². The number of hydrogen-bond acceptors (Lipinski definition) is 0. The SMILES string of the molecule is C1=Cc2c(ccc3c4c(ccc23)=C(c2cccc3c2ccc2c5c(ccc23)C=CC5)C=CC4)=C1. The number of allylic oxidation sites excluding steroid dienone is 4. The highest BCUT2D eigenvalue weighted by molar-refractivity contribution is 6.13. The molecule has 0 saturated heterocycles.